The second-order valence-electron chi connectivity index (χ2n) is 4.85. The predicted octanol–water partition coefficient (Wildman–Crippen LogP) is 3.07. The Morgan fingerprint density at radius 3 is 2.50 bits per heavy atom. The first-order valence-corrected chi connectivity index (χ1v) is 5.40. The van der Waals surface area contributed by atoms with Crippen molar-refractivity contribution < 1.29 is 13.9 Å². The Balaban J connectivity index is 2.97. The van der Waals surface area contributed by atoms with Crippen molar-refractivity contribution in [1.82, 2.24) is 0 Å². The number of rotatable bonds is 1. The van der Waals surface area contributed by atoms with Crippen molar-refractivity contribution in [2.24, 2.45) is 0 Å². The van der Waals surface area contributed by atoms with E-state index in [0.29, 0.717) is 0 Å². The van der Waals surface area contributed by atoms with E-state index in [9.17, 15) is 9.18 Å². The first kappa shape index (κ1) is 14.0. The lowest BCUT2D eigenvalue weighted by molar-refractivity contribution is 0.0589. The number of carbonyl (C=O) groups is 1. The number of halogens is 1. The van der Waals surface area contributed by atoms with Gasteiger partial charge in [-0.25, -0.2) is 9.18 Å². The summed E-state index contributed by atoms with van der Waals surface area (Å²) in [6.45, 7) is 5.22. The van der Waals surface area contributed by atoms with Gasteiger partial charge in [0.25, 0.3) is 0 Å². The third-order valence-corrected chi connectivity index (χ3v) is 2.07. The number of nitriles is 1. The normalized spacial score (nSPS) is 10.7. The molecule has 0 spiro atoms. The van der Waals surface area contributed by atoms with E-state index >= 15 is 0 Å². The number of benzene rings is 1. The molecule has 1 amide bonds. The van der Waals surface area contributed by atoms with Crippen LogP contribution in [-0.4, -0.2) is 18.7 Å². The molecule has 4 nitrogen and oxygen atoms in total. The molecule has 0 atom stereocenters. The highest BCUT2D eigenvalue weighted by Crippen LogP contribution is 2.19. The van der Waals surface area contributed by atoms with Crippen molar-refractivity contribution in [2.45, 2.75) is 26.4 Å². The molecule has 0 saturated heterocycles. The Bertz CT molecular complexity index is 501. The van der Waals surface area contributed by atoms with Crippen LogP contribution in [0.4, 0.5) is 14.9 Å². The summed E-state index contributed by atoms with van der Waals surface area (Å²) in [7, 11) is 1.46. The number of nitrogens with zero attached hydrogens (tertiary/aromatic N) is 2. The number of ether oxygens (including phenoxy) is 1. The number of hydrogen-bond acceptors (Lipinski definition) is 3. The van der Waals surface area contributed by atoms with E-state index in [-0.39, 0.29) is 11.3 Å². The van der Waals surface area contributed by atoms with Crippen molar-refractivity contribution in [1.29, 1.82) is 5.26 Å². The van der Waals surface area contributed by atoms with Crippen molar-refractivity contribution in [3.8, 4) is 6.07 Å². The van der Waals surface area contributed by atoms with Gasteiger partial charge in [0.05, 0.1) is 17.3 Å². The smallest absolute Gasteiger partial charge is 0.414 e. The van der Waals surface area contributed by atoms with Gasteiger partial charge in [0.2, 0.25) is 0 Å². The van der Waals surface area contributed by atoms with Crippen molar-refractivity contribution >= 4 is 11.8 Å². The summed E-state index contributed by atoms with van der Waals surface area (Å²) in [6.07, 6.45) is -0.600. The summed E-state index contributed by atoms with van der Waals surface area (Å²) in [5.41, 5.74) is -0.197. The van der Waals surface area contributed by atoms with Crippen LogP contribution in [0.15, 0.2) is 18.2 Å². The number of carbonyl (C=O) groups excluding carboxylic acids is 1. The molecule has 0 aromatic heterocycles. The molecular formula is C13H15FN2O2. The second kappa shape index (κ2) is 5.05. The molecule has 0 aliphatic heterocycles. The Hall–Kier alpha value is -2.09. The summed E-state index contributed by atoms with van der Waals surface area (Å²) >= 11 is 0. The molecule has 0 unspecified atom stereocenters. The highest BCUT2D eigenvalue weighted by atomic mass is 19.1. The zero-order valence-electron chi connectivity index (χ0n) is 10.8. The SMILES string of the molecule is CN(C(=O)OC(C)(C)C)c1cc(F)cc(C#N)c1. The molecule has 0 heterocycles. The highest BCUT2D eigenvalue weighted by molar-refractivity contribution is 5.87. The molecule has 1 aromatic rings. The number of hydrogen-bond donors (Lipinski definition) is 0. The lowest BCUT2D eigenvalue weighted by Crippen LogP contribution is -2.34. The van der Waals surface area contributed by atoms with Gasteiger partial charge in [0, 0.05) is 7.05 Å². The fourth-order valence-electron chi connectivity index (χ4n) is 1.27. The third kappa shape index (κ3) is 3.74. The molecule has 96 valence electrons. The molecule has 0 aliphatic rings. The maximum Gasteiger partial charge on any atom is 0.414 e. The Morgan fingerprint density at radius 2 is 2.00 bits per heavy atom. The second-order valence-corrected chi connectivity index (χ2v) is 4.85. The summed E-state index contributed by atoms with van der Waals surface area (Å²) in [4.78, 5) is 12.9. The molecule has 1 rings (SSSR count). The van der Waals surface area contributed by atoms with Gasteiger partial charge in [-0.15, -0.1) is 0 Å². The molecule has 1 aromatic carbocycles. The Labute approximate surface area is 106 Å². The standard InChI is InChI=1S/C13H15FN2O2/c1-13(2,3)18-12(17)16(4)11-6-9(8-15)5-10(14)7-11/h5-7H,1-4H3. The molecule has 0 saturated carbocycles. The van der Waals surface area contributed by atoms with Crippen LogP contribution < -0.4 is 4.90 Å². The van der Waals surface area contributed by atoms with E-state index in [1.807, 2.05) is 6.07 Å². The first-order valence-electron chi connectivity index (χ1n) is 5.40. The predicted molar refractivity (Wildman–Crippen MR) is 65.8 cm³/mol. The summed E-state index contributed by atoms with van der Waals surface area (Å²) in [5, 5.41) is 8.74. The van der Waals surface area contributed by atoms with E-state index in [2.05, 4.69) is 0 Å². The number of anilines is 1. The van der Waals surface area contributed by atoms with Gasteiger partial charge in [-0.3, -0.25) is 4.90 Å². The van der Waals surface area contributed by atoms with Crippen LogP contribution >= 0.6 is 0 Å². The maximum atomic E-state index is 13.2. The van der Waals surface area contributed by atoms with Crippen LogP contribution in [0.3, 0.4) is 0 Å². The van der Waals surface area contributed by atoms with Crippen LogP contribution in [0.2, 0.25) is 0 Å². The van der Waals surface area contributed by atoms with Gasteiger partial charge in [-0.05, 0) is 39.0 Å². The molecule has 5 heteroatoms. The van der Waals surface area contributed by atoms with Crippen molar-refractivity contribution in [3.63, 3.8) is 0 Å². The summed E-state index contributed by atoms with van der Waals surface area (Å²) in [6, 6.07) is 5.53. The van der Waals surface area contributed by atoms with Gasteiger partial charge in [0.1, 0.15) is 11.4 Å². The minimum absolute atomic E-state index is 0.153. The zero-order chi connectivity index (χ0) is 13.9. The first-order chi connectivity index (χ1) is 8.23. The minimum Gasteiger partial charge on any atom is -0.443 e. The van der Waals surface area contributed by atoms with Gasteiger partial charge in [-0.1, -0.05) is 0 Å². The molecule has 18 heavy (non-hydrogen) atoms. The lowest BCUT2D eigenvalue weighted by atomic mass is 10.2. The summed E-state index contributed by atoms with van der Waals surface area (Å²) in [5.74, 6) is -0.570. The average Bonchev–Trinajstić information content (AvgIpc) is 2.24. The van der Waals surface area contributed by atoms with Gasteiger partial charge >= 0.3 is 6.09 Å². The largest absolute Gasteiger partial charge is 0.443 e. The van der Waals surface area contributed by atoms with Gasteiger partial charge < -0.3 is 4.74 Å². The lowest BCUT2D eigenvalue weighted by Gasteiger charge is -2.24. The van der Waals surface area contributed by atoms with Gasteiger partial charge in [-0.2, -0.15) is 5.26 Å². The van der Waals surface area contributed by atoms with E-state index in [4.69, 9.17) is 10.00 Å². The fourth-order valence-corrected chi connectivity index (χ4v) is 1.27. The van der Waals surface area contributed by atoms with Gasteiger partial charge in [0.15, 0.2) is 0 Å². The zero-order valence-corrected chi connectivity index (χ0v) is 10.8. The van der Waals surface area contributed by atoms with E-state index in [0.717, 1.165) is 11.0 Å². The van der Waals surface area contributed by atoms with Crippen LogP contribution in [0.25, 0.3) is 0 Å². The van der Waals surface area contributed by atoms with Crippen molar-refractivity contribution in [2.75, 3.05) is 11.9 Å². The van der Waals surface area contributed by atoms with E-state index in [1.54, 1.807) is 20.8 Å². The Kier molecular flexibility index (Phi) is 3.92. The Morgan fingerprint density at radius 1 is 1.39 bits per heavy atom. The van der Waals surface area contributed by atoms with Crippen LogP contribution in [0.5, 0.6) is 0 Å². The third-order valence-electron chi connectivity index (χ3n) is 2.07. The highest BCUT2D eigenvalue weighted by Gasteiger charge is 2.21. The quantitative estimate of drug-likeness (QED) is 0.769. The maximum absolute atomic E-state index is 13.2. The molecule has 0 radical (unpaired) electrons. The molecule has 0 fully saturated rings. The molecular weight excluding hydrogens is 235 g/mol. The minimum atomic E-state index is -0.628. The fraction of sp³-hybridized carbons (Fsp3) is 0.385. The van der Waals surface area contributed by atoms with E-state index < -0.39 is 17.5 Å². The molecule has 0 N–H and O–H groups in total. The summed E-state index contributed by atoms with van der Waals surface area (Å²) < 4.78 is 18.4. The van der Waals surface area contributed by atoms with E-state index in [1.165, 1.54) is 19.2 Å². The number of amides is 1. The van der Waals surface area contributed by atoms with Crippen LogP contribution in [0, 0.1) is 17.1 Å². The topological polar surface area (TPSA) is 53.3 Å². The molecule has 0 aliphatic carbocycles. The monoisotopic (exact) mass is 250 g/mol. The average molecular weight is 250 g/mol. The molecule has 0 bridgehead atoms. The van der Waals surface area contributed by atoms with Crippen molar-refractivity contribution in [3.05, 3.63) is 29.6 Å². The van der Waals surface area contributed by atoms with Crippen LogP contribution in [0.1, 0.15) is 26.3 Å². The van der Waals surface area contributed by atoms with Crippen LogP contribution in [-0.2, 0) is 4.74 Å².